The van der Waals surface area contributed by atoms with Gasteiger partial charge in [0.05, 0.1) is 23.4 Å². The monoisotopic (exact) mass is 454 g/mol. The first-order valence-corrected chi connectivity index (χ1v) is 11.0. The Bertz CT molecular complexity index is 1080. The van der Waals surface area contributed by atoms with Crippen molar-refractivity contribution in [2.45, 2.75) is 24.2 Å². The Morgan fingerprint density at radius 2 is 1.73 bits per heavy atom. The van der Waals surface area contributed by atoms with Crippen LogP contribution in [0.1, 0.15) is 40.0 Å². The summed E-state index contributed by atoms with van der Waals surface area (Å²) in [6.45, 7) is 0.779. The molecule has 0 aromatic heterocycles. The number of halogens is 2. The van der Waals surface area contributed by atoms with Crippen molar-refractivity contribution in [3.05, 3.63) is 58.4 Å². The van der Waals surface area contributed by atoms with Gasteiger partial charge in [-0.15, -0.1) is 0 Å². The van der Waals surface area contributed by atoms with Crippen molar-refractivity contribution in [1.29, 1.82) is 0 Å². The van der Waals surface area contributed by atoms with Gasteiger partial charge in [-0.25, -0.2) is 17.6 Å². The van der Waals surface area contributed by atoms with E-state index in [9.17, 15) is 22.4 Å². The number of hydrogen-bond acceptors (Lipinski definition) is 5. The summed E-state index contributed by atoms with van der Waals surface area (Å²) in [6, 6.07) is 7.21. The molecule has 2 aromatic rings. The number of carbonyl (C=O) groups excluding carboxylic acids is 2. The van der Waals surface area contributed by atoms with Crippen LogP contribution in [0.2, 0.25) is 5.02 Å². The number of methoxy groups -OCH3 is 1. The van der Waals surface area contributed by atoms with Crippen molar-refractivity contribution < 1.29 is 27.1 Å². The number of nitrogens with one attached hydrogen (secondary N) is 1. The molecule has 7 nitrogen and oxygen atoms in total. The molecule has 0 unspecified atom stereocenters. The minimum Gasteiger partial charge on any atom is -0.465 e. The molecule has 0 radical (unpaired) electrons. The Morgan fingerprint density at radius 1 is 1.07 bits per heavy atom. The molecule has 1 aliphatic heterocycles. The predicted molar refractivity (Wildman–Crippen MR) is 110 cm³/mol. The fraction of sp³-hybridized carbons (Fsp3) is 0.300. The second-order valence-corrected chi connectivity index (χ2v) is 9.06. The maximum atomic E-state index is 14.1. The Balaban J connectivity index is 1.89. The number of nitrogens with zero attached hydrogens (tertiary/aromatic N) is 1. The van der Waals surface area contributed by atoms with Crippen molar-refractivity contribution in [1.82, 2.24) is 4.31 Å². The molecule has 1 N–H and O–H groups in total. The van der Waals surface area contributed by atoms with Crippen LogP contribution in [0.25, 0.3) is 0 Å². The van der Waals surface area contributed by atoms with E-state index in [2.05, 4.69) is 10.1 Å². The van der Waals surface area contributed by atoms with Gasteiger partial charge in [0.15, 0.2) is 0 Å². The molecule has 1 heterocycles. The van der Waals surface area contributed by atoms with Crippen LogP contribution >= 0.6 is 11.6 Å². The van der Waals surface area contributed by atoms with Gasteiger partial charge in [-0.05, 0) is 49.2 Å². The lowest BCUT2D eigenvalue weighted by Crippen LogP contribution is -2.35. The second kappa shape index (κ2) is 9.11. The summed E-state index contributed by atoms with van der Waals surface area (Å²) in [4.78, 5) is 24.1. The van der Waals surface area contributed by atoms with Gasteiger partial charge in [-0.3, -0.25) is 4.79 Å². The fourth-order valence-corrected chi connectivity index (χ4v) is 5.16. The van der Waals surface area contributed by atoms with Crippen molar-refractivity contribution in [2.24, 2.45) is 0 Å². The third-order valence-corrected chi connectivity index (χ3v) is 7.14. The molecule has 0 bridgehead atoms. The number of sulfonamides is 1. The molecule has 1 fully saturated rings. The zero-order valence-electron chi connectivity index (χ0n) is 16.2. The summed E-state index contributed by atoms with van der Waals surface area (Å²) in [5, 5.41) is 2.35. The summed E-state index contributed by atoms with van der Waals surface area (Å²) in [7, 11) is -2.68. The number of rotatable bonds is 5. The summed E-state index contributed by atoms with van der Waals surface area (Å²) >= 11 is 6.11. The first-order chi connectivity index (χ1) is 14.2. The number of esters is 1. The zero-order valence-corrected chi connectivity index (χ0v) is 17.7. The smallest absolute Gasteiger partial charge is 0.337 e. The Labute approximate surface area is 178 Å². The minimum atomic E-state index is -3.86. The largest absolute Gasteiger partial charge is 0.465 e. The van der Waals surface area contributed by atoms with E-state index < -0.39 is 27.7 Å². The average molecular weight is 455 g/mol. The lowest BCUT2D eigenvalue weighted by molar-refractivity contribution is 0.0600. The van der Waals surface area contributed by atoms with Crippen molar-refractivity contribution in [2.75, 3.05) is 25.5 Å². The van der Waals surface area contributed by atoms with Crippen LogP contribution in [0.5, 0.6) is 0 Å². The summed E-state index contributed by atoms with van der Waals surface area (Å²) in [5.74, 6) is -2.19. The summed E-state index contributed by atoms with van der Waals surface area (Å²) in [5.41, 5.74) is -0.199. The van der Waals surface area contributed by atoms with E-state index in [1.165, 1.54) is 35.7 Å². The van der Waals surface area contributed by atoms with Gasteiger partial charge >= 0.3 is 5.97 Å². The van der Waals surface area contributed by atoms with Crippen LogP contribution in [-0.4, -0.2) is 44.8 Å². The lowest BCUT2D eigenvalue weighted by Gasteiger charge is -2.26. The van der Waals surface area contributed by atoms with Gasteiger partial charge in [0.25, 0.3) is 5.91 Å². The fourth-order valence-electron chi connectivity index (χ4n) is 3.15. The average Bonchev–Trinajstić information content (AvgIpc) is 2.75. The Morgan fingerprint density at radius 3 is 2.40 bits per heavy atom. The summed E-state index contributed by atoms with van der Waals surface area (Å²) < 4.78 is 45.9. The summed E-state index contributed by atoms with van der Waals surface area (Å²) in [6.07, 6.45) is 2.47. The van der Waals surface area contributed by atoms with Crippen LogP contribution in [0.3, 0.4) is 0 Å². The number of ether oxygens (including phenoxy) is 1. The van der Waals surface area contributed by atoms with Gasteiger partial charge in [0, 0.05) is 18.7 Å². The molecule has 3 rings (SSSR count). The lowest BCUT2D eigenvalue weighted by atomic mass is 10.1. The predicted octanol–water partition coefficient (Wildman–Crippen LogP) is 3.69. The number of piperidine rings is 1. The standard InChI is InChI=1S/C20H20ClFN2O5S/c1-29-20(26)14-6-8-16(22)17(11-14)23-19(25)13-5-7-15(21)18(12-13)30(27,28)24-9-3-2-4-10-24/h5-8,11-12H,2-4,9-10H2,1H3,(H,23,25). The topological polar surface area (TPSA) is 92.8 Å². The number of anilines is 1. The number of amides is 1. The zero-order chi connectivity index (χ0) is 21.9. The van der Waals surface area contributed by atoms with Crippen LogP contribution < -0.4 is 5.32 Å². The number of benzene rings is 2. The highest BCUT2D eigenvalue weighted by Crippen LogP contribution is 2.28. The van der Waals surface area contributed by atoms with Gasteiger partial charge in [0.1, 0.15) is 10.7 Å². The molecule has 1 amide bonds. The van der Waals surface area contributed by atoms with Crippen molar-refractivity contribution in [3.63, 3.8) is 0 Å². The van der Waals surface area contributed by atoms with E-state index in [0.29, 0.717) is 13.1 Å². The minimum absolute atomic E-state index is 0.00371. The molecule has 0 saturated carbocycles. The van der Waals surface area contributed by atoms with Gasteiger partial charge in [-0.2, -0.15) is 4.31 Å². The molecule has 0 atom stereocenters. The van der Waals surface area contributed by atoms with Crippen LogP contribution in [0.4, 0.5) is 10.1 Å². The maximum Gasteiger partial charge on any atom is 0.337 e. The molecule has 1 aliphatic rings. The van der Waals surface area contributed by atoms with Gasteiger partial charge in [-0.1, -0.05) is 18.0 Å². The van der Waals surface area contributed by atoms with Gasteiger partial charge < -0.3 is 10.1 Å². The molecule has 2 aromatic carbocycles. The highest BCUT2D eigenvalue weighted by atomic mass is 35.5. The molecule has 1 saturated heterocycles. The molecular weight excluding hydrogens is 435 g/mol. The van der Waals surface area contributed by atoms with E-state index in [1.807, 2.05) is 0 Å². The first-order valence-electron chi connectivity index (χ1n) is 9.23. The number of hydrogen-bond donors (Lipinski definition) is 1. The van der Waals surface area contributed by atoms with E-state index in [-0.39, 0.29) is 26.7 Å². The van der Waals surface area contributed by atoms with Crippen molar-refractivity contribution in [3.8, 4) is 0 Å². The Kier molecular flexibility index (Phi) is 6.74. The first kappa shape index (κ1) is 22.2. The normalized spacial score (nSPS) is 14.9. The molecule has 0 spiro atoms. The number of carbonyl (C=O) groups is 2. The van der Waals surface area contributed by atoms with Crippen LogP contribution in [0.15, 0.2) is 41.3 Å². The van der Waals surface area contributed by atoms with Crippen LogP contribution in [0, 0.1) is 5.82 Å². The third-order valence-electron chi connectivity index (χ3n) is 4.76. The molecular formula is C20H20ClFN2O5S. The third kappa shape index (κ3) is 4.63. The van der Waals surface area contributed by atoms with E-state index >= 15 is 0 Å². The molecule has 160 valence electrons. The van der Waals surface area contributed by atoms with E-state index in [4.69, 9.17) is 11.6 Å². The van der Waals surface area contributed by atoms with E-state index in [1.54, 1.807) is 0 Å². The van der Waals surface area contributed by atoms with E-state index in [0.717, 1.165) is 31.4 Å². The Hall–Kier alpha value is -2.49. The molecule has 30 heavy (non-hydrogen) atoms. The molecule has 0 aliphatic carbocycles. The highest BCUT2D eigenvalue weighted by molar-refractivity contribution is 7.89. The maximum absolute atomic E-state index is 14.1. The van der Waals surface area contributed by atoms with Gasteiger partial charge in [0.2, 0.25) is 10.0 Å². The quantitative estimate of drug-likeness (QED) is 0.695. The highest BCUT2D eigenvalue weighted by Gasteiger charge is 2.29. The van der Waals surface area contributed by atoms with Crippen molar-refractivity contribution >= 4 is 39.2 Å². The molecule has 10 heteroatoms. The van der Waals surface area contributed by atoms with Crippen LogP contribution in [-0.2, 0) is 14.8 Å². The SMILES string of the molecule is COC(=O)c1ccc(F)c(NC(=O)c2ccc(Cl)c(S(=O)(=O)N3CCCCC3)c2)c1. The second-order valence-electron chi connectivity index (χ2n) is 6.75.